The average Bonchev–Trinajstić information content (AvgIpc) is 2.30. The second-order valence-electron chi connectivity index (χ2n) is 5.75. The molecule has 19 heavy (non-hydrogen) atoms. The highest BCUT2D eigenvalue weighted by Crippen LogP contribution is 2.23. The molecule has 0 aromatic heterocycles. The Hall–Kier alpha value is -1.42. The van der Waals surface area contributed by atoms with Crippen LogP contribution in [0, 0.1) is 17.7 Å². The topological polar surface area (TPSA) is 40.5 Å². The molecule has 0 bridgehead atoms. The molecule has 1 fully saturated rings. The van der Waals surface area contributed by atoms with Gasteiger partial charge in [-0.3, -0.25) is 4.90 Å². The third kappa shape index (κ3) is 3.53. The second-order valence-corrected chi connectivity index (χ2v) is 5.75. The molecule has 2 unspecified atom stereocenters. The molecular formula is C15H20FNO2. The van der Waals surface area contributed by atoms with E-state index in [0.29, 0.717) is 23.9 Å². The van der Waals surface area contributed by atoms with Gasteiger partial charge in [0.05, 0.1) is 5.56 Å². The summed E-state index contributed by atoms with van der Waals surface area (Å²) in [6.45, 7) is 6.95. The van der Waals surface area contributed by atoms with Crippen LogP contribution in [0.1, 0.15) is 36.2 Å². The van der Waals surface area contributed by atoms with Crippen LogP contribution in [0.15, 0.2) is 18.2 Å². The highest BCUT2D eigenvalue weighted by Gasteiger charge is 2.23. The highest BCUT2D eigenvalue weighted by atomic mass is 19.1. The zero-order chi connectivity index (χ0) is 14.0. The number of benzene rings is 1. The monoisotopic (exact) mass is 265 g/mol. The molecule has 0 saturated carbocycles. The number of carbonyl (C=O) groups is 1. The van der Waals surface area contributed by atoms with Crippen molar-refractivity contribution in [2.75, 3.05) is 13.1 Å². The lowest BCUT2D eigenvalue weighted by Gasteiger charge is -2.35. The summed E-state index contributed by atoms with van der Waals surface area (Å²) in [5.74, 6) is -0.316. The molecule has 4 heteroatoms. The van der Waals surface area contributed by atoms with E-state index in [-0.39, 0.29) is 5.56 Å². The van der Waals surface area contributed by atoms with Crippen LogP contribution in [-0.2, 0) is 6.54 Å². The number of aromatic carboxylic acids is 1. The van der Waals surface area contributed by atoms with Gasteiger partial charge in [-0.1, -0.05) is 19.9 Å². The molecule has 1 aliphatic rings. The van der Waals surface area contributed by atoms with E-state index >= 15 is 0 Å². The van der Waals surface area contributed by atoms with Gasteiger partial charge in [-0.25, -0.2) is 9.18 Å². The van der Waals surface area contributed by atoms with Gasteiger partial charge in [-0.05, 0) is 36.0 Å². The van der Waals surface area contributed by atoms with Crippen molar-refractivity contribution in [2.24, 2.45) is 11.8 Å². The smallest absolute Gasteiger partial charge is 0.336 e. The lowest BCUT2D eigenvalue weighted by Crippen LogP contribution is -2.38. The van der Waals surface area contributed by atoms with Crippen LogP contribution in [0.2, 0.25) is 0 Å². The van der Waals surface area contributed by atoms with Crippen molar-refractivity contribution in [3.05, 3.63) is 35.1 Å². The van der Waals surface area contributed by atoms with E-state index in [0.717, 1.165) is 19.2 Å². The quantitative estimate of drug-likeness (QED) is 0.913. The van der Waals surface area contributed by atoms with E-state index in [1.165, 1.54) is 12.5 Å². The summed E-state index contributed by atoms with van der Waals surface area (Å²) in [7, 11) is 0. The Kier molecular flexibility index (Phi) is 4.20. The molecule has 1 N–H and O–H groups in total. The zero-order valence-electron chi connectivity index (χ0n) is 11.4. The first-order chi connectivity index (χ1) is 8.95. The van der Waals surface area contributed by atoms with Gasteiger partial charge in [0.25, 0.3) is 0 Å². The molecule has 0 amide bonds. The van der Waals surface area contributed by atoms with E-state index in [1.807, 2.05) is 0 Å². The summed E-state index contributed by atoms with van der Waals surface area (Å²) in [5, 5.41) is 9.14. The third-order valence-electron chi connectivity index (χ3n) is 3.64. The molecule has 2 atom stereocenters. The number of nitrogens with zero attached hydrogens (tertiary/aromatic N) is 1. The molecule has 1 heterocycles. The van der Waals surface area contributed by atoms with Crippen LogP contribution in [0.25, 0.3) is 0 Å². The Bertz CT molecular complexity index is 465. The number of likely N-dealkylation sites (tertiary alicyclic amines) is 1. The van der Waals surface area contributed by atoms with Gasteiger partial charge in [-0.2, -0.15) is 0 Å². The van der Waals surface area contributed by atoms with Gasteiger partial charge in [0, 0.05) is 19.6 Å². The Morgan fingerprint density at radius 2 is 2.00 bits per heavy atom. The Labute approximate surface area is 113 Å². The lowest BCUT2D eigenvalue weighted by molar-refractivity contribution is 0.0692. The minimum atomic E-state index is -1.06. The van der Waals surface area contributed by atoms with Crippen LogP contribution < -0.4 is 0 Å². The third-order valence-corrected chi connectivity index (χ3v) is 3.64. The zero-order valence-corrected chi connectivity index (χ0v) is 11.4. The predicted molar refractivity (Wildman–Crippen MR) is 71.6 cm³/mol. The maximum absolute atomic E-state index is 13.1. The molecule has 1 saturated heterocycles. The Balaban J connectivity index is 2.16. The standard InChI is InChI=1S/C15H20FNO2/c1-10-5-11(2)8-17(7-10)9-12-3-4-13(16)6-14(12)15(18)19/h3-4,6,10-11H,5,7-9H2,1-2H3,(H,18,19). The fraction of sp³-hybridized carbons (Fsp3) is 0.533. The lowest BCUT2D eigenvalue weighted by atomic mass is 9.91. The maximum atomic E-state index is 13.1. The van der Waals surface area contributed by atoms with Gasteiger partial charge in [0.1, 0.15) is 5.82 Å². The average molecular weight is 265 g/mol. The fourth-order valence-electron chi connectivity index (χ4n) is 3.05. The van der Waals surface area contributed by atoms with Crippen molar-refractivity contribution in [2.45, 2.75) is 26.8 Å². The van der Waals surface area contributed by atoms with E-state index in [9.17, 15) is 9.18 Å². The fourth-order valence-corrected chi connectivity index (χ4v) is 3.05. The minimum Gasteiger partial charge on any atom is -0.478 e. The SMILES string of the molecule is CC1CC(C)CN(Cc2ccc(F)cc2C(=O)O)C1. The molecule has 1 aliphatic heterocycles. The molecule has 2 rings (SSSR count). The highest BCUT2D eigenvalue weighted by molar-refractivity contribution is 5.89. The van der Waals surface area contributed by atoms with E-state index in [4.69, 9.17) is 5.11 Å². The number of hydrogen-bond donors (Lipinski definition) is 1. The van der Waals surface area contributed by atoms with Crippen molar-refractivity contribution >= 4 is 5.97 Å². The van der Waals surface area contributed by atoms with Gasteiger partial charge < -0.3 is 5.11 Å². The van der Waals surface area contributed by atoms with E-state index in [2.05, 4.69) is 18.7 Å². The number of carboxylic acids is 1. The first kappa shape index (κ1) is 14.0. The van der Waals surface area contributed by atoms with Crippen LogP contribution in [0.5, 0.6) is 0 Å². The number of piperidine rings is 1. The largest absolute Gasteiger partial charge is 0.478 e. The first-order valence-electron chi connectivity index (χ1n) is 6.69. The minimum absolute atomic E-state index is 0.0749. The van der Waals surface area contributed by atoms with Gasteiger partial charge in [-0.15, -0.1) is 0 Å². The number of rotatable bonds is 3. The molecule has 0 aliphatic carbocycles. The Morgan fingerprint density at radius 1 is 1.37 bits per heavy atom. The number of halogens is 1. The predicted octanol–water partition coefficient (Wildman–Crippen LogP) is 3.00. The van der Waals surface area contributed by atoms with Crippen molar-refractivity contribution in [1.29, 1.82) is 0 Å². The molecule has 1 aromatic carbocycles. The molecule has 3 nitrogen and oxygen atoms in total. The summed E-state index contributed by atoms with van der Waals surface area (Å²) in [5.41, 5.74) is 0.765. The van der Waals surface area contributed by atoms with Crippen molar-refractivity contribution in [1.82, 2.24) is 4.90 Å². The molecule has 1 aromatic rings. The molecule has 104 valence electrons. The summed E-state index contributed by atoms with van der Waals surface area (Å²) in [6, 6.07) is 4.02. The van der Waals surface area contributed by atoms with Crippen LogP contribution in [0.4, 0.5) is 4.39 Å². The molecule has 0 spiro atoms. The van der Waals surface area contributed by atoms with Gasteiger partial charge in [0.15, 0.2) is 0 Å². The summed E-state index contributed by atoms with van der Waals surface area (Å²) in [6.07, 6.45) is 1.21. The number of carboxylic acid groups (broad SMARTS) is 1. The van der Waals surface area contributed by atoms with Crippen molar-refractivity contribution in [3.63, 3.8) is 0 Å². The van der Waals surface area contributed by atoms with Crippen molar-refractivity contribution in [3.8, 4) is 0 Å². The van der Waals surface area contributed by atoms with Gasteiger partial charge in [0.2, 0.25) is 0 Å². The maximum Gasteiger partial charge on any atom is 0.336 e. The molecule has 0 radical (unpaired) electrons. The second kappa shape index (κ2) is 5.70. The Morgan fingerprint density at radius 3 is 2.58 bits per heavy atom. The van der Waals surface area contributed by atoms with E-state index in [1.54, 1.807) is 6.07 Å². The van der Waals surface area contributed by atoms with Crippen LogP contribution in [-0.4, -0.2) is 29.1 Å². The first-order valence-corrected chi connectivity index (χ1v) is 6.69. The van der Waals surface area contributed by atoms with Crippen LogP contribution in [0.3, 0.4) is 0 Å². The summed E-state index contributed by atoms with van der Waals surface area (Å²) in [4.78, 5) is 13.4. The summed E-state index contributed by atoms with van der Waals surface area (Å²) >= 11 is 0. The normalized spacial score (nSPS) is 24.4. The number of hydrogen-bond acceptors (Lipinski definition) is 2. The van der Waals surface area contributed by atoms with Gasteiger partial charge >= 0.3 is 5.97 Å². The van der Waals surface area contributed by atoms with Crippen LogP contribution >= 0.6 is 0 Å². The van der Waals surface area contributed by atoms with Crippen molar-refractivity contribution < 1.29 is 14.3 Å². The van der Waals surface area contributed by atoms with E-state index < -0.39 is 11.8 Å². The summed E-state index contributed by atoms with van der Waals surface area (Å²) < 4.78 is 13.1. The molecular weight excluding hydrogens is 245 g/mol.